The van der Waals surface area contributed by atoms with Gasteiger partial charge in [-0.15, -0.1) is 0 Å². The van der Waals surface area contributed by atoms with Crippen molar-refractivity contribution in [2.75, 3.05) is 0 Å². The first kappa shape index (κ1) is 16.8. The molecule has 1 aromatic heterocycles. The van der Waals surface area contributed by atoms with Crippen molar-refractivity contribution in [1.82, 2.24) is 4.31 Å². The van der Waals surface area contributed by atoms with E-state index in [0.29, 0.717) is 10.8 Å². The number of hydrogen-bond donors (Lipinski definition) is 0. The maximum Gasteiger partial charge on any atom is 0.243 e. The van der Waals surface area contributed by atoms with Crippen LogP contribution in [0.5, 0.6) is 0 Å². The Labute approximate surface area is 146 Å². The molecule has 4 nitrogen and oxygen atoms in total. The van der Waals surface area contributed by atoms with E-state index in [9.17, 15) is 8.42 Å². The van der Waals surface area contributed by atoms with Gasteiger partial charge in [-0.25, -0.2) is 8.42 Å². The molecule has 0 unspecified atom stereocenters. The molecule has 0 amide bonds. The minimum Gasteiger partial charge on any atom is -0.468 e. The number of halogens is 1. The average Bonchev–Trinajstić information content (AvgIpc) is 3.09. The van der Waals surface area contributed by atoms with Crippen molar-refractivity contribution in [3.63, 3.8) is 0 Å². The van der Waals surface area contributed by atoms with Crippen LogP contribution >= 0.6 is 11.6 Å². The van der Waals surface area contributed by atoms with E-state index in [1.54, 1.807) is 24.3 Å². The van der Waals surface area contributed by atoms with E-state index in [1.807, 2.05) is 30.3 Å². The lowest BCUT2D eigenvalue weighted by Crippen LogP contribution is -2.30. The van der Waals surface area contributed by atoms with Crippen LogP contribution in [0.4, 0.5) is 0 Å². The summed E-state index contributed by atoms with van der Waals surface area (Å²) in [5.74, 6) is 0.587. The van der Waals surface area contributed by atoms with E-state index in [0.717, 1.165) is 5.56 Å². The van der Waals surface area contributed by atoms with Crippen LogP contribution in [0.3, 0.4) is 0 Å². The molecule has 24 heavy (non-hydrogen) atoms. The van der Waals surface area contributed by atoms with Crippen molar-refractivity contribution in [2.45, 2.75) is 18.0 Å². The van der Waals surface area contributed by atoms with Crippen LogP contribution in [0.25, 0.3) is 0 Å². The molecule has 0 radical (unpaired) electrons. The van der Waals surface area contributed by atoms with E-state index in [2.05, 4.69) is 0 Å². The maximum atomic E-state index is 13.0. The molecule has 0 N–H and O–H groups in total. The van der Waals surface area contributed by atoms with Gasteiger partial charge >= 0.3 is 0 Å². The molecule has 0 aliphatic rings. The van der Waals surface area contributed by atoms with Gasteiger partial charge in [0.2, 0.25) is 10.0 Å². The lowest BCUT2D eigenvalue weighted by molar-refractivity contribution is 0.358. The summed E-state index contributed by atoms with van der Waals surface area (Å²) in [5.41, 5.74) is 0.904. The van der Waals surface area contributed by atoms with Crippen molar-refractivity contribution in [2.24, 2.45) is 0 Å². The van der Waals surface area contributed by atoms with E-state index in [-0.39, 0.29) is 18.0 Å². The zero-order valence-corrected chi connectivity index (χ0v) is 14.4. The van der Waals surface area contributed by atoms with Gasteiger partial charge in [0.25, 0.3) is 0 Å². The molecular formula is C18H16ClNO3S. The Hall–Kier alpha value is -2.08. The maximum absolute atomic E-state index is 13.0. The van der Waals surface area contributed by atoms with E-state index in [1.165, 1.54) is 22.7 Å². The summed E-state index contributed by atoms with van der Waals surface area (Å²) >= 11 is 5.86. The highest BCUT2D eigenvalue weighted by Gasteiger charge is 2.25. The number of benzene rings is 2. The highest BCUT2D eigenvalue weighted by atomic mass is 35.5. The first-order chi connectivity index (χ1) is 11.6. The van der Waals surface area contributed by atoms with Crippen molar-refractivity contribution in [1.29, 1.82) is 0 Å². The number of hydrogen-bond acceptors (Lipinski definition) is 3. The molecule has 2 aromatic carbocycles. The van der Waals surface area contributed by atoms with Crippen LogP contribution in [0.1, 0.15) is 11.3 Å². The molecule has 0 fully saturated rings. The van der Waals surface area contributed by atoms with Crippen molar-refractivity contribution in [3.8, 4) is 0 Å². The Balaban J connectivity index is 1.94. The second-order valence-corrected chi connectivity index (χ2v) is 7.67. The molecule has 1 heterocycles. The van der Waals surface area contributed by atoms with Gasteiger partial charge in [0.1, 0.15) is 5.76 Å². The first-order valence-corrected chi connectivity index (χ1v) is 9.19. The largest absolute Gasteiger partial charge is 0.468 e. The second kappa shape index (κ2) is 7.21. The normalized spacial score (nSPS) is 11.8. The Morgan fingerprint density at radius 3 is 2.21 bits per heavy atom. The Morgan fingerprint density at radius 2 is 1.58 bits per heavy atom. The number of rotatable bonds is 6. The molecule has 124 valence electrons. The predicted octanol–water partition coefficient (Wildman–Crippen LogP) is 4.32. The third kappa shape index (κ3) is 3.87. The number of nitrogens with zero attached hydrogens (tertiary/aromatic N) is 1. The third-order valence-corrected chi connectivity index (χ3v) is 5.62. The zero-order chi connectivity index (χ0) is 17.0. The van der Waals surface area contributed by atoms with Gasteiger partial charge in [-0.05, 0) is 42.0 Å². The van der Waals surface area contributed by atoms with Gasteiger partial charge in [0, 0.05) is 11.6 Å². The van der Waals surface area contributed by atoms with Gasteiger partial charge < -0.3 is 4.42 Å². The highest BCUT2D eigenvalue weighted by molar-refractivity contribution is 7.89. The van der Waals surface area contributed by atoms with Crippen LogP contribution in [0, 0.1) is 0 Å². The van der Waals surface area contributed by atoms with Gasteiger partial charge in [0.05, 0.1) is 17.7 Å². The van der Waals surface area contributed by atoms with Crippen molar-refractivity contribution < 1.29 is 12.8 Å². The summed E-state index contributed by atoms with van der Waals surface area (Å²) in [5, 5.41) is 0.495. The summed E-state index contributed by atoms with van der Waals surface area (Å²) in [4.78, 5) is 0.203. The summed E-state index contributed by atoms with van der Waals surface area (Å²) in [6, 6.07) is 19.1. The standard InChI is InChI=1S/C18H16ClNO3S/c19-16-8-10-18(11-9-16)24(21,22)20(14-17-7-4-12-23-17)13-15-5-2-1-3-6-15/h1-12H,13-14H2. The van der Waals surface area contributed by atoms with Crippen LogP contribution in [-0.2, 0) is 23.1 Å². The molecule has 0 bridgehead atoms. The van der Waals surface area contributed by atoms with Gasteiger partial charge in [-0.1, -0.05) is 41.9 Å². The molecule has 0 aliphatic heterocycles. The average molecular weight is 362 g/mol. The third-order valence-electron chi connectivity index (χ3n) is 3.57. The molecule has 0 spiro atoms. The fourth-order valence-electron chi connectivity index (χ4n) is 2.34. The van der Waals surface area contributed by atoms with Crippen LogP contribution in [-0.4, -0.2) is 12.7 Å². The van der Waals surface area contributed by atoms with Crippen LogP contribution in [0.2, 0.25) is 5.02 Å². The van der Waals surface area contributed by atoms with E-state index in [4.69, 9.17) is 16.0 Å². The summed E-state index contributed by atoms with van der Waals surface area (Å²) in [6.45, 7) is 0.416. The minimum atomic E-state index is -3.68. The van der Waals surface area contributed by atoms with E-state index < -0.39 is 10.0 Å². The van der Waals surface area contributed by atoms with Gasteiger partial charge in [0.15, 0.2) is 0 Å². The Kier molecular flexibility index (Phi) is 5.04. The molecule has 6 heteroatoms. The molecule has 0 aliphatic carbocycles. The van der Waals surface area contributed by atoms with Crippen LogP contribution in [0.15, 0.2) is 82.3 Å². The highest BCUT2D eigenvalue weighted by Crippen LogP contribution is 2.22. The topological polar surface area (TPSA) is 50.5 Å². The van der Waals surface area contributed by atoms with Crippen molar-refractivity contribution in [3.05, 3.63) is 89.3 Å². The fourth-order valence-corrected chi connectivity index (χ4v) is 3.87. The van der Waals surface area contributed by atoms with E-state index >= 15 is 0 Å². The molecular weight excluding hydrogens is 346 g/mol. The lowest BCUT2D eigenvalue weighted by atomic mass is 10.2. The summed E-state index contributed by atoms with van der Waals surface area (Å²) in [7, 11) is -3.68. The zero-order valence-electron chi connectivity index (χ0n) is 12.8. The predicted molar refractivity (Wildman–Crippen MR) is 93.0 cm³/mol. The molecule has 0 atom stereocenters. The Morgan fingerprint density at radius 1 is 0.875 bits per heavy atom. The fraction of sp³-hybridized carbons (Fsp3) is 0.111. The number of furan rings is 1. The summed E-state index contributed by atoms with van der Waals surface area (Å²) in [6.07, 6.45) is 1.53. The van der Waals surface area contributed by atoms with Crippen molar-refractivity contribution >= 4 is 21.6 Å². The number of sulfonamides is 1. The molecule has 0 saturated heterocycles. The monoisotopic (exact) mass is 361 g/mol. The SMILES string of the molecule is O=S(=O)(c1ccc(Cl)cc1)N(Cc1ccccc1)Cc1ccco1. The quantitative estimate of drug-likeness (QED) is 0.656. The summed E-state index contributed by atoms with van der Waals surface area (Å²) < 4.78 is 32.7. The van der Waals surface area contributed by atoms with Gasteiger partial charge in [-0.3, -0.25) is 0 Å². The molecule has 3 aromatic rings. The van der Waals surface area contributed by atoms with Gasteiger partial charge in [-0.2, -0.15) is 4.31 Å². The molecule has 0 saturated carbocycles. The smallest absolute Gasteiger partial charge is 0.243 e. The Bertz CT molecular complexity index is 876. The lowest BCUT2D eigenvalue weighted by Gasteiger charge is -2.21. The minimum absolute atomic E-state index is 0.160. The second-order valence-electron chi connectivity index (χ2n) is 5.29. The van der Waals surface area contributed by atoms with Crippen LogP contribution < -0.4 is 0 Å². The molecule has 3 rings (SSSR count). The first-order valence-electron chi connectivity index (χ1n) is 7.38.